The van der Waals surface area contributed by atoms with Crippen LogP contribution in [0.4, 0.5) is 9.18 Å². The SMILES string of the molecule is C[C@@H](C(=O)C(C)(C)N1CCOC1=O)c1ccc(F)cc1. The molecule has 0 spiro atoms. The summed E-state index contributed by atoms with van der Waals surface area (Å²) in [4.78, 5) is 25.7. The summed E-state index contributed by atoms with van der Waals surface area (Å²) in [6, 6.07) is 5.85. The second kappa shape index (κ2) is 5.23. The highest BCUT2D eigenvalue weighted by Crippen LogP contribution is 2.28. The zero-order chi connectivity index (χ0) is 14.9. The molecule has 1 aliphatic heterocycles. The maximum Gasteiger partial charge on any atom is 0.410 e. The minimum Gasteiger partial charge on any atom is -0.448 e. The van der Waals surface area contributed by atoms with Gasteiger partial charge in [0.15, 0.2) is 5.78 Å². The van der Waals surface area contributed by atoms with E-state index in [2.05, 4.69) is 0 Å². The predicted molar refractivity (Wildman–Crippen MR) is 72.0 cm³/mol. The molecule has 2 rings (SSSR count). The number of nitrogens with zero attached hydrogens (tertiary/aromatic N) is 1. The van der Waals surface area contributed by atoms with Crippen molar-refractivity contribution in [1.29, 1.82) is 0 Å². The molecule has 20 heavy (non-hydrogen) atoms. The third-order valence-electron chi connectivity index (χ3n) is 3.80. The van der Waals surface area contributed by atoms with Crippen LogP contribution in [-0.4, -0.2) is 35.5 Å². The average molecular weight is 279 g/mol. The van der Waals surface area contributed by atoms with Gasteiger partial charge >= 0.3 is 6.09 Å². The lowest BCUT2D eigenvalue weighted by molar-refractivity contribution is -0.128. The Morgan fingerprint density at radius 1 is 1.35 bits per heavy atom. The summed E-state index contributed by atoms with van der Waals surface area (Å²) in [6.45, 7) is 5.90. The van der Waals surface area contributed by atoms with Crippen molar-refractivity contribution in [2.75, 3.05) is 13.2 Å². The molecule has 1 saturated heterocycles. The Kier molecular flexibility index (Phi) is 3.79. The van der Waals surface area contributed by atoms with Crippen molar-refractivity contribution < 1.29 is 18.7 Å². The summed E-state index contributed by atoms with van der Waals surface area (Å²) < 4.78 is 17.8. The highest BCUT2D eigenvalue weighted by atomic mass is 19.1. The number of amides is 1. The molecule has 0 saturated carbocycles. The van der Waals surface area contributed by atoms with E-state index in [9.17, 15) is 14.0 Å². The smallest absolute Gasteiger partial charge is 0.410 e. The quantitative estimate of drug-likeness (QED) is 0.851. The van der Waals surface area contributed by atoms with E-state index in [0.717, 1.165) is 5.56 Å². The number of ketones is 1. The van der Waals surface area contributed by atoms with E-state index in [4.69, 9.17) is 4.74 Å². The third kappa shape index (κ3) is 2.53. The molecular formula is C15H18FNO3. The number of Topliss-reactive ketones (excluding diaryl/α,β-unsaturated/α-hetero) is 1. The summed E-state index contributed by atoms with van der Waals surface area (Å²) in [5.41, 5.74) is -0.210. The summed E-state index contributed by atoms with van der Waals surface area (Å²) in [5.74, 6) is -0.849. The lowest BCUT2D eigenvalue weighted by Gasteiger charge is -2.34. The Hall–Kier alpha value is -1.91. The minimum absolute atomic E-state index is 0.0945. The number of cyclic esters (lactones) is 1. The van der Waals surface area contributed by atoms with E-state index in [-0.39, 0.29) is 11.6 Å². The maximum absolute atomic E-state index is 12.9. The van der Waals surface area contributed by atoms with Crippen molar-refractivity contribution in [1.82, 2.24) is 4.90 Å². The zero-order valence-corrected chi connectivity index (χ0v) is 11.9. The van der Waals surface area contributed by atoms with E-state index in [1.165, 1.54) is 17.0 Å². The van der Waals surface area contributed by atoms with Crippen LogP contribution in [0.1, 0.15) is 32.3 Å². The molecule has 1 atom stereocenters. The Labute approximate surface area is 117 Å². The fourth-order valence-corrected chi connectivity index (χ4v) is 2.47. The van der Waals surface area contributed by atoms with Gasteiger partial charge in [0.2, 0.25) is 0 Å². The summed E-state index contributed by atoms with van der Waals surface area (Å²) >= 11 is 0. The largest absolute Gasteiger partial charge is 0.448 e. The van der Waals surface area contributed by atoms with Crippen LogP contribution in [0.5, 0.6) is 0 Å². The van der Waals surface area contributed by atoms with Crippen LogP contribution < -0.4 is 0 Å². The topological polar surface area (TPSA) is 46.6 Å². The first-order valence-electron chi connectivity index (χ1n) is 6.58. The number of ether oxygens (including phenoxy) is 1. The molecule has 0 aliphatic carbocycles. The number of rotatable bonds is 4. The first kappa shape index (κ1) is 14.5. The molecule has 5 heteroatoms. The Balaban J connectivity index is 2.21. The van der Waals surface area contributed by atoms with Crippen molar-refractivity contribution in [3.05, 3.63) is 35.6 Å². The maximum atomic E-state index is 12.9. The van der Waals surface area contributed by atoms with Gasteiger partial charge in [-0.1, -0.05) is 19.1 Å². The normalized spacial score (nSPS) is 17.0. The van der Waals surface area contributed by atoms with Crippen molar-refractivity contribution in [2.24, 2.45) is 0 Å². The highest BCUT2D eigenvalue weighted by molar-refractivity contribution is 5.95. The number of halogens is 1. The Bertz CT molecular complexity index is 524. The van der Waals surface area contributed by atoms with Gasteiger partial charge in [-0.15, -0.1) is 0 Å². The molecule has 0 bridgehead atoms. The number of carbonyl (C=O) groups is 2. The zero-order valence-electron chi connectivity index (χ0n) is 11.9. The molecule has 1 aromatic rings. The summed E-state index contributed by atoms with van der Waals surface area (Å²) in [7, 11) is 0. The van der Waals surface area contributed by atoms with Crippen LogP contribution in [0.2, 0.25) is 0 Å². The van der Waals surface area contributed by atoms with Gasteiger partial charge in [-0.2, -0.15) is 0 Å². The van der Waals surface area contributed by atoms with Crippen LogP contribution in [0.15, 0.2) is 24.3 Å². The van der Waals surface area contributed by atoms with Gasteiger partial charge in [0, 0.05) is 5.92 Å². The van der Waals surface area contributed by atoms with E-state index >= 15 is 0 Å². The van der Waals surface area contributed by atoms with E-state index in [1.54, 1.807) is 32.9 Å². The molecule has 108 valence electrons. The van der Waals surface area contributed by atoms with Crippen molar-refractivity contribution in [3.8, 4) is 0 Å². The molecule has 0 radical (unpaired) electrons. The summed E-state index contributed by atoms with van der Waals surface area (Å²) in [5, 5.41) is 0. The standard InChI is InChI=1S/C15H18FNO3/c1-10(11-4-6-12(16)7-5-11)13(18)15(2,3)17-8-9-20-14(17)19/h4-7,10H,8-9H2,1-3H3/t10-/m1/s1. The van der Waals surface area contributed by atoms with Gasteiger partial charge in [-0.25, -0.2) is 9.18 Å². The van der Waals surface area contributed by atoms with Crippen LogP contribution >= 0.6 is 0 Å². The molecular weight excluding hydrogens is 261 g/mol. The second-order valence-corrected chi connectivity index (χ2v) is 5.46. The Morgan fingerprint density at radius 3 is 2.45 bits per heavy atom. The molecule has 4 nitrogen and oxygen atoms in total. The monoisotopic (exact) mass is 279 g/mol. The first-order chi connectivity index (χ1) is 9.34. The molecule has 1 fully saturated rings. The molecule has 1 heterocycles. The van der Waals surface area contributed by atoms with Crippen molar-refractivity contribution in [3.63, 3.8) is 0 Å². The van der Waals surface area contributed by atoms with Crippen LogP contribution in [-0.2, 0) is 9.53 Å². The lowest BCUT2D eigenvalue weighted by atomic mass is 9.84. The average Bonchev–Trinajstić information content (AvgIpc) is 2.85. The van der Waals surface area contributed by atoms with Crippen molar-refractivity contribution >= 4 is 11.9 Å². The van der Waals surface area contributed by atoms with Gasteiger partial charge in [-0.3, -0.25) is 9.69 Å². The number of hydrogen-bond donors (Lipinski definition) is 0. The van der Waals surface area contributed by atoms with E-state index in [1.807, 2.05) is 0 Å². The van der Waals surface area contributed by atoms with Gasteiger partial charge < -0.3 is 4.74 Å². The number of benzene rings is 1. The molecule has 1 amide bonds. The van der Waals surface area contributed by atoms with Crippen LogP contribution in [0.25, 0.3) is 0 Å². The fraction of sp³-hybridized carbons (Fsp3) is 0.467. The van der Waals surface area contributed by atoms with Crippen LogP contribution in [0, 0.1) is 5.82 Å². The number of hydrogen-bond acceptors (Lipinski definition) is 3. The third-order valence-corrected chi connectivity index (χ3v) is 3.80. The highest BCUT2D eigenvalue weighted by Gasteiger charge is 2.43. The molecule has 0 N–H and O–H groups in total. The lowest BCUT2D eigenvalue weighted by Crippen LogP contribution is -2.52. The van der Waals surface area contributed by atoms with E-state index < -0.39 is 17.6 Å². The molecule has 0 aromatic heterocycles. The van der Waals surface area contributed by atoms with Gasteiger partial charge in [0.1, 0.15) is 12.4 Å². The van der Waals surface area contributed by atoms with Gasteiger partial charge in [-0.05, 0) is 31.5 Å². The number of carbonyl (C=O) groups excluding carboxylic acids is 2. The molecule has 1 aliphatic rings. The van der Waals surface area contributed by atoms with E-state index in [0.29, 0.717) is 13.2 Å². The molecule has 1 aromatic carbocycles. The fourth-order valence-electron chi connectivity index (χ4n) is 2.47. The van der Waals surface area contributed by atoms with Crippen molar-refractivity contribution in [2.45, 2.75) is 32.2 Å². The Morgan fingerprint density at radius 2 is 1.95 bits per heavy atom. The predicted octanol–water partition coefficient (Wildman–Crippen LogP) is 2.73. The first-order valence-corrected chi connectivity index (χ1v) is 6.58. The summed E-state index contributed by atoms with van der Waals surface area (Å²) in [6.07, 6.45) is -0.463. The van der Waals surface area contributed by atoms with Crippen LogP contribution in [0.3, 0.4) is 0 Å². The van der Waals surface area contributed by atoms with Gasteiger partial charge in [0.05, 0.1) is 12.1 Å². The molecule has 0 unspecified atom stereocenters. The minimum atomic E-state index is -0.943. The van der Waals surface area contributed by atoms with Gasteiger partial charge in [0.25, 0.3) is 0 Å². The second-order valence-electron chi connectivity index (χ2n) is 5.46.